The van der Waals surface area contributed by atoms with E-state index < -0.39 is 11.6 Å². The van der Waals surface area contributed by atoms with Gasteiger partial charge in [-0.3, -0.25) is 0 Å². The molecule has 72 valence electrons. The van der Waals surface area contributed by atoms with Gasteiger partial charge in [0.1, 0.15) is 5.75 Å². The molecular weight excluding hydrogens is 183 g/mol. The lowest BCUT2D eigenvalue weighted by molar-refractivity contribution is 0.430. The van der Waals surface area contributed by atoms with Gasteiger partial charge in [-0.25, -0.2) is 4.39 Å². The number of halogens is 1. The van der Waals surface area contributed by atoms with E-state index in [1.54, 1.807) is 18.2 Å². The SMILES string of the molecule is Cc1ccc2c(O)c(F)cc(O)c2c1. The van der Waals surface area contributed by atoms with E-state index in [0.29, 0.717) is 10.8 Å². The Morgan fingerprint density at radius 3 is 2.50 bits per heavy atom. The molecule has 0 atom stereocenters. The first kappa shape index (κ1) is 8.81. The summed E-state index contributed by atoms with van der Waals surface area (Å²) in [6.07, 6.45) is 0. The molecule has 3 heteroatoms. The highest BCUT2D eigenvalue weighted by molar-refractivity contribution is 5.93. The Morgan fingerprint density at radius 1 is 1.07 bits per heavy atom. The lowest BCUT2D eigenvalue weighted by Crippen LogP contribution is -1.82. The fraction of sp³-hybridized carbons (Fsp3) is 0.0909. The van der Waals surface area contributed by atoms with E-state index in [0.717, 1.165) is 11.6 Å². The smallest absolute Gasteiger partial charge is 0.169 e. The lowest BCUT2D eigenvalue weighted by atomic mass is 10.1. The van der Waals surface area contributed by atoms with Crippen molar-refractivity contribution in [1.82, 2.24) is 0 Å². The quantitative estimate of drug-likeness (QED) is 0.630. The van der Waals surface area contributed by atoms with Crippen LogP contribution in [0.3, 0.4) is 0 Å². The summed E-state index contributed by atoms with van der Waals surface area (Å²) < 4.78 is 13.0. The summed E-state index contributed by atoms with van der Waals surface area (Å²) in [5, 5.41) is 19.6. The molecular formula is C11H9FO2. The minimum atomic E-state index is -0.807. The van der Waals surface area contributed by atoms with E-state index in [9.17, 15) is 14.6 Å². The molecule has 14 heavy (non-hydrogen) atoms. The van der Waals surface area contributed by atoms with Crippen LogP contribution in [0.15, 0.2) is 24.3 Å². The van der Waals surface area contributed by atoms with Crippen molar-refractivity contribution in [3.8, 4) is 11.5 Å². The topological polar surface area (TPSA) is 40.5 Å². The average molecular weight is 192 g/mol. The number of aromatic hydroxyl groups is 2. The van der Waals surface area contributed by atoms with Gasteiger partial charge in [-0.1, -0.05) is 17.7 Å². The van der Waals surface area contributed by atoms with E-state index in [4.69, 9.17) is 0 Å². The molecule has 0 spiro atoms. The van der Waals surface area contributed by atoms with Crippen molar-refractivity contribution in [2.24, 2.45) is 0 Å². The molecule has 0 heterocycles. The molecule has 2 rings (SSSR count). The number of fused-ring (bicyclic) bond motifs is 1. The third-order valence-corrected chi connectivity index (χ3v) is 2.20. The van der Waals surface area contributed by atoms with Crippen LogP contribution in [0.4, 0.5) is 4.39 Å². The van der Waals surface area contributed by atoms with Gasteiger partial charge in [-0.15, -0.1) is 0 Å². The molecule has 0 radical (unpaired) electrons. The molecule has 0 aliphatic carbocycles. The second kappa shape index (κ2) is 2.87. The van der Waals surface area contributed by atoms with Crippen LogP contribution < -0.4 is 0 Å². The molecule has 0 aromatic heterocycles. The van der Waals surface area contributed by atoms with Crippen LogP contribution >= 0.6 is 0 Å². The molecule has 2 aromatic rings. The highest BCUT2D eigenvalue weighted by Crippen LogP contribution is 2.34. The van der Waals surface area contributed by atoms with Gasteiger partial charge >= 0.3 is 0 Å². The van der Waals surface area contributed by atoms with Gasteiger partial charge in [-0.2, -0.15) is 0 Å². The Bertz CT molecular complexity index is 506. The van der Waals surface area contributed by atoms with Crippen LogP contribution in [0.1, 0.15) is 5.56 Å². The number of rotatable bonds is 0. The second-order valence-electron chi connectivity index (χ2n) is 3.28. The molecule has 2 nitrogen and oxygen atoms in total. The number of hydrogen-bond donors (Lipinski definition) is 2. The first-order valence-electron chi connectivity index (χ1n) is 4.20. The van der Waals surface area contributed by atoms with Crippen molar-refractivity contribution in [3.05, 3.63) is 35.6 Å². The number of phenols is 2. The molecule has 0 bridgehead atoms. The highest BCUT2D eigenvalue weighted by atomic mass is 19.1. The lowest BCUT2D eigenvalue weighted by Gasteiger charge is -2.05. The zero-order valence-electron chi connectivity index (χ0n) is 7.58. The average Bonchev–Trinajstić information content (AvgIpc) is 2.14. The predicted molar refractivity (Wildman–Crippen MR) is 52.0 cm³/mol. The van der Waals surface area contributed by atoms with E-state index in [1.165, 1.54) is 0 Å². The number of hydrogen-bond acceptors (Lipinski definition) is 2. The molecule has 2 aromatic carbocycles. The Morgan fingerprint density at radius 2 is 1.79 bits per heavy atom. The maximum atomic E-state index is 13.0. The second-order valence-corrected chi connectivity index (χ2v) is 3.28. The van der Waals surface area contributed by atoms with E-state index in [1.807, 2.05) is 6.92 Å². The summed E-state index contributed by atoms with van der Waals surface area (Å²) in [6, 6.07) is 5.95. The zero-order chi connectivity index (χ0) is 10.3. The normalized spacial score (nSPS) is 10.7. The molecule has 2 N–H and O–H groups in total. The van der Waals surface area contributed by atoms with Gasteiger partial charge in [-0.05, 0) is 13.0 Å². The van der Waals surface area contributed by atoms with E-state index in [-0.39, 0.29) is 5.75 Å². The van der Waals surface area contributed by atoms with Gasteiger partial charge in [0.05, 0.1) is 0 Å². The number of aryl methyl sites for hydroxylation is 1. The fourth-order valence-electron chi connectivity index (χ4n) is 1.47. The molecule has 0 saturated heterocycles. The maximum Gasteiger partial charge on any atom is 0.169 e. The third kappa shape index (κ3) is 1.18. The Balaban J connectivity index is 2.94. The molecule has 0 unspecified atom stereocenters. The van der Waals surface area contributed by atoms with E-state index in [2.05, 4.69) is 0 Å². The van der Waals surface area contributed by atoms with Crippen LogP contribution in [0, 0.1) is 12.7 Å². The summed E-state index contributed by atoms with van der Waals surface area (Å²) in [4.78, 5) is 0. The summed E-state index contributed by atoms with van der Waals surface area (Å²) >= 11 is 0. The minimum Gasteiger partial charge on any atom is -0.507 e. The van der Waals surface area contributed by atoms with Crippen molar-refractivity contribution < 1.29 is 14.6 Å². The largest absolute Gasteiger partial charge is 0.507 e. The standard InChI is InChI=1S/C11H9FO2/c1-6-2-3-7-8(4-6)10(13)5-9(12)11(7)14/h2-5,13-14H,1H3. The van der Waals surface area contributed by atoms with Gasteiger partial charge in [0.25, 0.3) is 0 Å². The molecule has 0 saturated carbocycles. The van der Waals surface area contributed by atoms with Crippen LogP contribution in [-0.2, 0) is 0 Å². The van der Waals surface area contributed by atoms with Gasteiger partial charge in [0, 0.05) is 16.8 Å². The highest BCUT2D eigenvalue weighted by Gasteiger charge is 2.10. The Hall–Kier alpha value is -1.77. The first-order chi connectivity index (χ1) is 6.59. The Labute approximate surface area is 80.2 Å². The summed E-state index contributed by atoms with van der Waals surface area (Å²) in [5.74, 6) is -1.38. The molecule has 0 fully saturated rings. The summed E-state index contributed by atoms with van der Waals surface area (Å²) in [7, 11) is 0. The first-order valence-corrected chi connectivity index (χ1v) is 4.20. The van der Waals surface area contributed by atoms with Crippen molar-refractivity contribution >= 4 is 10.8 Å². The van der Waals surface area contributed by atoms with Crippen molar-refractivity contribution in [1.29, 1.82) is 0 Å². The molecule has 0 amide bonds. The van der Waals surface area contributed by atoms with Crippen LogP contribution in [0.2, 0.25) is 0 Å². The van der Waals surface area contributed by atoms with Crippen molar-refractivity contribution in [3.63, 3.8) is 0 Å². The Kier molecular flexibility index (Phi) is 1.81. The molecule has 0 aliphatic rings. The zero-order valence-corrected chi connectivity index (χ0v) is 7.58. The van der Waals surface area contributed by atoms with Crippen LogP contribution in [0.5, 0.6) is 11.5 Å². The minimum absolute atomic E-state index is 0.154. The number of benzene rings is 2. The summed E-state index contributed by atoms with van der Waals surface area (Å²) in [6.45, 7) is 1.86. The van der Waals surface area contributed by atoms with E-state index >= 15 is 0 Å². The van der Waals surface area contributed by atoms with Crippen molar-refractivity contribution in [2.75, 3.05) is 0 Å². The van der Waals surface area contributed by atoms with Gasteiger partial charge in [0.15, 0.2) is 11.6 Å². The van der Waals surface area contributed by atoms with Crippen LogP contribution in [0.25, 0.3) is 10.8 Å². The monoisotopic (exact) mass is 192 g/mol. The third-order valence-electron chi connectivity index (χ3n) is 2.20. The molecule has 0 aliphatic heterocycles. The summed E-state index contributed by atoms with van der Waals surface area (Å²) in [5.41, 5.74) is 0.943. The fourth-order valence-corrected chi connectivity index (χ4v) is 1.47. The van der Waals surface area contributed by atoms with Crippen LogP contribution in [-0.4, -0.2) is 10.2 Å². The predicted octanol–water partition coefficient (Wildman–Crippen LogP) is 2.70. The number of phenolic OH excluding ortho intramolecular Hbond substituents is 2. The van der Waals surface area contributed by atoms with Gasteiger partial charge in [0.2, 0.25) is 0 Å². The van der Waals surface area contributed by atoms with Crippen molar-refractivity contribution in [2.45, 2.75) is 6.92 Å². The van der Waals surface area contributed by atoms with Gasteiger partial charge < -0.3 is 10.2 Å². The maximum absolute atomic E-state index is 13.0.